The second-order valence-corrected chi connectivity index (χ2v) is 4.51. The van der Waals surface area contributed by atoms with E-state index in [2.05, 4.69) is 32.2 Å². The highest BCUT2D eigenvalue weighted by molar-refractivity contribution is 7.07. The van der Waals surface area contributed by atoms with E-state index >= 15 is 0 Å². The standard InChI is InChI=1S/C11H16N4S/c1-9(10-7-16-8-14-10)12-4-3-11-13-5-6-15(11)2/h5-9,12H,3-4H2,1-2H3. The predicted octanol–water partition coefficient (Wildman–Crippen LogP) is 1.77. The van der Waals surface area contributed by atoms with E-state index in [9.17, 15) is 0 Å². The number of thiazole rings is 1. The van der Waals surface area contributed by atoms with E-state index in [0.717, 1.165) is 24.5 Å². The summed E-state index contributed by atoms with van der Waals surface area (Å²) < 4.78 is 2.05. The van der Waals surface area contributed by atoms with E-state index < -0.39 is 0 Å². The van der Waals surface area contributed by atoms with Crippen molar-refractivity contribution >= 4 is 11.3 Å². The van der Waals surface area contributed by atoms with Crippen LogP contribution in [-0.4, -0.2) is 21.1 Å². The van der Waals surface area contributed by atoms with Crippen LogP contribution >= 0.6 is 11.3 Å². The lowest BCUT2D eigenvalue weighted by Gasteiger charge is -2.10. The van der Waals surface area contributed by atoms with Crippen LogP contribution in [0.4, 0.5) is 0 Å². The molecule has 0 spiro atoms. The van der Waals surface area contributed by atoms with Crippen molar-refractivity contribution in [1.29, 1.82) is 0 Å². The van der Waals surface area contributed by atoms with Gasteiger partial charge in [-0.1, -0.05) is 0 Å². The summed E-state index contributed by atoms with van der Waals surface area (Å²) in [6.45, 7) is 3.05. The Labute approximate surface area is 99.4 Å². The Morgan fingerprint density at radius 2 is 2.38 bits per heavy atom. The number of nitrogens with one attached hydrogen (secondary N) is 1. The summed E-state index contributed by atoms with van der Waals surface area (Å²) in [6, 6.07) is 0.312. The van der Waals surface area contributed by atoms with Gasteiger partial charge in [0.25, 0.3) is 0 Å². The van der Waals surface area contributed by atoms with Gasteiger partial charge in [0, 0.05) is 43.8 Å². The topological polar surface area (TPSA) is 42.7 Å². The van der Waals surface area contributed by atoms with Crippen LogP contribution in [-0.2, 0) is 13.5 Å². The molecule has 2 heterocycles. The van der Waals surface area contributed by atoms with E-state index in [1.807, 2.05) is 25.0 Å². The van der Waals surface area contributed by atoms with Gasteiger partial charge in [-0.2, -0.15) is 0 Å². The Bertz CT molecular complexity index is 421. The average molecular weight is 236 g/mol. The van der Waals surface area contributed by atoms with Gasteiger partial charge in [0.05, 0.1) is 11.2 Å². The first-order valence-electron chi connectivity index (χ1n) is 5.35. The third-order valence-corrected chi connectivity index (χ3v) is 3.22. The van der Waals surface area contributed by atoms with Gasteiger partial charge in [-0.25, -0.2) is 9.97 Å². The molecule has 0 amide bonds. The van der Waals surface area contributed by atoms with Crippen LogP contribution in [0.3, 0.4) is 0 Å². The molecule has 0 aliphatic rings. The van der Waals surface area contributed by atoms with Gasteiger partial charge in [0.15, 0.2) is 0 Å². The average Bonchev–Trinajstić information content (AvgIpc) is 2.90. The Hall–Kier alpha value is -1.20. The van der Waals surface area contributed by atoms with Gasteiger partial charge in [-0.05, 0) is 6.92 Å². The number of rotatable bonds is 5. The fourth-order valence-corrected chi connectivity index (χ4v) is 2.23. The summed E-state index contributed by atoms with van der Waals surface area (Å²) >= 11 is 1.63. The lowest BCUT2D eigenvalue weighted by atomic mass is 10.2. The van der Waals surface area contributed by atoms with Crippen LogP contribution in [0.2, 0.25) is 0 Å². The molecule has 0 aromatic carbocycles. The van der Waals surface area contributed by atoms with Crippen LogP contribution < -0.4 is 5.32 Å². The maximum absolute atomic E-state index is 4.28. The summed E-state index contributed by atoms with van der Waals surface area (Å²) in [5.74, 6) is 1.11. The highest BCUT2D eigenvalue weighted by Crippen LogP contribution is 2.11. The smallest absolute Gasteiger partial charge is 0.109 e. The zero-order valence-corrected chi connectivity index (χ0v) is 10.4. The third kappa shape index (κ3) is 2.68. The van der Waals surface area contributed by atoms with Crippen molar-refractivity contribution in [1.82, 2.24) is 19.9 Å². The summed E-state index contributed by atoms with van der Waals surface area (Å²) in [7, 11) is 2.02. The zero-order valence-electron chi connectivity index (χ0n) is 9.55. The first-order chi connectivity index (χ1) is 7.77. The molecule has 0 radical (unpaired) electrons. The van der Waals surface area contributed by atoms with Gasteiger partial charge in [0.2, 0.25) is 0 Å². The number of aromatic nitrogens is 3. The van der Waals surface area contributed by atoms with E-state index in [4.69, 9.17) is 0 Å². The Kier molecular flexibility index (Phi) is 3.69. The Morgan fingerprint density at radius 1 is 1.50 bits per heavy atom. The Morgan fingerprint density at radius 3 is 3.00 bits per heavy atom. The second-order valence-electron chi connectivity index (χ2n) is 3.79. The molecule has 0 saturated heterocycles. The zero-order chi connectivity index (χ0) is 11.4. The molecule has 0 fully saturated rings. The lowest BCUT2D eigenvalue weighted by molar-refractivity contribution is 0.556. The predicted molar refractivity (Wildman–Crippen MR) is 65.4 cm³/mol. The van der Waals surface area contributed by atoms with E-state index in [1.54, 1.807) is 11.3 Å². The van der Waals surface area contributed by atoms with E-state index in [0.29, 0.717) is 6.04 Å². The van der Waals surface area contributed by atoms with Crippen LogP contribution in [0.5, 0.6) is 0 Å². The highest BCUT2D eigenvalue weighted by Gasteiger charge is 2.06. The molecule has 0 aliphatic carbocycles. The molecule has 1 atom stereocenters. The van der Waals surface area contributed by atoms with Gasteiger partial charge >= 0.3 is 0 Å². The molecule has 5 heteroatoms. The van der Waals surface area contributed by atoms with Crippen molar-refractivity contribution in [2.45, 2.75) is 19.4 Å². The molecule has 1 unspecified atom stereocenters. The molecular formula is C11H16N4S. The van der Waals surface area contributed by atoms with Gasteiger partial charge in [-0.3, -0.25) is 0 Å². The SMILES string of the molecule is CC(NCCc1nccn1C)c1cscn1. The van der Waals surface area contributed by atoms with Crippen LogP contribution in [0.25, 0.3) is 0 Å². The first kappa shape index (κ1) is 11.3. The van der Waals surface area contributed by atoms with Crippen LogP contribution in [0.1, 0.15) is 24.5 Å². The van der Waals surface area contributed by atoms with Crippen molar-refractivity contribution in [2.24, 2.45) is 7.05 Å². The van der Waals surface area contributed by atoms with Gasteiger partial charge in [0.1, 0.15) is 5.82 Å². The maximum Gasteiger partial charge on any atom is 0.109 e. The summed E-state index contributed by atoms with van der Waals surface area (Å²) in [6.07, 6.45) is 4.75. The fourth-order valence-electron chi connectivity index (χ4n) is 1.58. The molecule has 16 heavy (non-hydrogen) atoms. The highest BCUT2D eigenvalue weighted by atomic mass is 32.1. The Balaban J connectivity index is 1.78. The molecule has 4 nitrogen and oxygen atoms in total. The minimum Gasteiger partial charge on any atom is -0.338 e. The number of nitrogens with zero attached hydrogens (tertiary/aromatic N) is 3. The molecule has 2 aromatic heterocycles. The third-order valence-electron chi connectivity index (χ3n) is 2.62. The van der Waals surface area contributed by atoms with Crippen molar-refractivity contribution < 1.29 is 0 Å². The van der Waals surface area contributed by atoms with Gasteiger partial charge in [-0.15, -0.1) is 11.3 Å². The van der Waals surface area contributed by atoms with Crippen molar-refractivity contribution in [3.05, 3.63) is 34.8 Å². The fraction of sp³-hybridized carbons (Fsp3) is 0.455. The molecule has 0 saturated carbocycles. The molecule has 0 bridgehead atoms. The molecule has 2 rings (SSSR count). The van der Waals surface area contributed by atoms with E-state index in [-0.39, 0.29) is 0 Å². The molecule has 86 valence electrons. The number of hydrogen-bond acceptors (Lipinski definition) is 4. The van der Waals surface area contributed by atoms with E-state index in [1.165, 1.54) is 0 Å². The normalized spacial score (nSPS) is 12.9. The van der Waals surface area contributed by atoms with Crippen LogP contribution in [0.15, 0.2) is 23.3 Å². The quantitative estimate of drug-likeness (QED) is 0.860. The van der Waals surface area contributed by atoms with Gasteiger partial charge < -0.3 is 9.88 Å². The number of imidazole rings is 1. The summed E-state index contributed by atoms with van der Waals surface area (Å²) in [5.41, 5.74) is 2.98. The maximum atomic E-state index is 4.28. The largest absolute Gasteiger partial charge is 0.338 e. The molecule has 0 aliphatic heterocycles. The number of aryl methyl sites for hydroxylation is 1. The molecule has 2 aromatic rings. The van der Waals surface area contributed by atoms with Crippen molar-refractivity contribution in [2.75, 3.05) is 6.54 Å². The second kappa shape index (κ2) is 5.23. The molecular weight excluding hydrogens is 220 g/mol. The lowest BCUT2D eigenvalue weighted by Crippen LogP contribution is -2.22. The first-order valence-corrected chi connectivity index (χ1v) is 6.29. The van der Waals surface area contributed by atoms with Crippen molar-refractivity contribution in [3.63, 3.8) is 0 Å². The minimum atomic E-state index is 0.312. The van der Waals surface area contributed by atoms with Crippen molar-refractivity contribution in [3.8, 4) is 0 Å². The summed E-state index contributed by atoms with van der Waals surface area (Å²) in [5, 5.41) is 5.52. The van der Waals surface area contributed by atoms with Crippen LogP contribution in [0, 0.1) is 0 Å². The summed E-state index contributed by atoms with van der Waals surface area (Å²) in [4.78, 5) is 8.57. The number of hydrogen-bond donors (Lipinski definition) is 1. The molecule has 1 N–H and O–H groups in total. The monoisotopic (exact) mass is 236 g/mol. The minimum absolute atomic E-state index is 0.312.